The summed E-state index contributed by atoms with van der Waals surface area (Å²) in [5.74, 6) is 0. The Labute approximate surface area is 78.2 Å². The number of rotatable bonds is 3. The maximum Gasteiger partial charge on any atom is 0.113 e. The van der Waals surface area contributed by atoms with Crippen LogP contribution in [0.15, 0.2) is 0 Å². The third-order valence-corrected chi connectivity index (χ3v) is 2.38. The minimum absolute atomic E-state index is 0.243. The predicted molar refractivity (Wildman–Crippen MR) is 48.3 cm³/mol. The van der Waals surface area contributed by atoms with Gasteiger partial charge in [-0.15, -0.1) is 0 Å². The zero-order chi connectivity index (χ0) is 9.68. The van der Waals surface area contributed by atoms with Crippen molar-refractivity contribution in [3.05, 3.63) is 0 Å². The highest BCUT2D eigenvalue weighted by Crippen LogP contribution is 2.13. The van der Waals surface area contributed by atoms with Crippen LogP contribution in [-0.4, -0.2) is 53.6 Å². The fraction of sp³-hybridized carbons (Fsp3) is 1.00. The van der Waals surface area contributed by atoms with E-state index in [4.69, 9.17) is 5.11 Å². The fourth-order valence-corrected chi connectivity index (χ4v) is 1.69. The highest BCUT2D eigenvalue weighted by Gasteiger charge is 2.18. The van der Waals surface area contributed by atoms with E-state index < -0.39 is 12.3 Å². The second-order valence-electron chi connectivity index (χ2n) is 3.69. The number of aliphatic hydroxyl groups is 2. The van der Waals surface area contributed by atoms with E-state index >= 15 is 0 Å². The molecule has 0 bridgehead atoms. The van der Waals surface area contributed by atoms with E-state index in [1.807, 2.05) is 4.90 Å². The van der Waals surface area contributed by atoms with Crippen molar-refractivity contribution in [2.75, 3.05) is 26.2 Å². The molecule has 1 saturated heterocycles. The predicted octanol–water partition coefficient (Wildman–Crippen LogP) is 0.164. The van der Waals surface area contributed by atoms with Crippen LogP contribution < -0.4 is 0 Å². The molecule has 1 heterocycles. The Kier molecular flexibility index (Phi) is 4.62. The van der Waals surface area contributed by atoms with Crippen molar-refractivity contribution in [1.82, 2.24) is 4.90 Å². The molecule has 1 aliphatic heterocycles. The molecule has 1 aliphatic rings. The van der Waals surface area contributed by atoms with Crippen molar-refractivity contribution in [3.8, 4) is 0 Å². The zero-order valence-electron chi connectivity index (χ0n) is 7.82. The number of alkyl halides is 1. The average molecular weight is 191 g/mol. The Morgan fingerprint density at radius 1 is 1.46 bits per heavy atom. The second kappa shape index (κ2) is 5.52. The summed E-state index contributed by atoms with van der Waals surface area (Å²) in [7, 11) is 0. The van der Waals surface area contributed by atoms with E-state index in [1.54, 1.807) is 0 Å². The Bertz CT molecular complexity index is 146. The van der Waals surface area contributed by atoms with Crippen LogP contribution in [0.25, 0.3) is 0 Å². The summed E-state index contributed by atoms with van der Waals surface area (Å²) in [6, 6.07) is 0. The molecule has 2 unspecified atom stereocenters. The summed E-state index contributed by atoms with van der Waals surface area (Å²) in [5.41, 5.74) is 0. The topological polar surface area (TPSA) is 43.7 Å². The van der Waals surface area contributed by atoms with Crippen molar-refractivity contribution in [2.45, 2.75) is 31.5 Å². The van der Waals surface area contributed by atoms with E-state index in [0.29, 0.717) is 19.5 Å². The van der Waals surface area contributed by atoms with Crippen LogP contribution in [0, 0.1) is 0 Å². The van der Waals surface area contributed by atoms with Crippen LogP contribution in [0.3, 0.4) is 0 Å². The van der Waals surface area contributed by atoms with Crippen LogP contribution in [0.4, 0.5) is 4.39 Å². The summed E-state index contributed by atoms with van der Waals surface area (Å²) in [6.45, 7) is 1.37. The van der Waals surface area contributed by atoms with Gasteiger partial charge in [-0.3, -0.25) is 4.90 Å². The Hall–Kier alpha value is -0.190. The molecule has 2 N–H and O–H groups in total. The van der Waals surface area contributed by atoms with E-state index in [1.165, 1.54) is 0 Å². The molecule has 0 spiro atoms. The van der Waals surface area contributed by atoms with Crippen molar-refractivity contribution in [2.24, 2.45) is 0 Å². The summed E-state index contributed by atoms with van der Waals surface area (Å²) >= 11 is 0. The van der Waals surface area contributed by atoms with Gasteiger partial charge in [0.15, 0.2) is 0 Å². The Morgan fingerprint density at radius 2 is 2.23 bits per heavy atom. The lowest BCUT2D eigenvalue weighted by Crippen LogP contribution is -2.37. The fourth-order valence-electron chi connectivity index (χ4n) is 1.69. The lowest BCUT2D eigenvalue weighted by Gasteiger charge is -2.22. The van der Waals surface area contributed by atoms with Gasteiger partial charge in [0.25, 0.3) is 0 Å². The molecule has 3 nitrogen and oxygen atoms in total. The van der Waals surface area contributed by atoms with Gasteiger partial charge in [0, 0.05) is 13.1 Å². The van der Waals surface area contributed by atoms with Crippen molar-refractivity contribution < 1.29 is 14.6 Å². The second-order valence-corrected chi connectivity index (χ2v) is 3.69. The van der Waals surface area contributed by atoms with Gasteiger partial charge in [0.2, 0.25) is 0 Å². The van der Waals surface area contributed by atoms with E-state index in [-0.39, 0.29) is 6.61 Å². The Morgan fingerprint density at radius 3 is 2.92 bits per heavy atom. The van der Waals surface area contributed by atoms with Gasteiger partial charge in [0.05, 0.1) is 12.7 Å². The number of likely N-dealkylation sites (tertiary alicyclic amines) is 1. The first-order valence-electron chi connectivity index (χ1n) is 4.87. The zero-order valence-corrected chi connectivity index (χ0v) is 7.82. The molecule has 1 fully saturated rings. The quantitative estimate of drug-likeness (QED) is 0.668. The minimum Gasteiger partial charge on any atom is -0.394 e. The first kappa shape index (κ1) is 10.9. The highest BCUT2D eigenvalue weighted by molar-refractivity contribution is 4.72. The van der Waals surface area contributed by atoms with E-state index in [9.17, 15) is 9.50 Å². The SMILES string of the molecule is OCC(O)CN1CCCCC(F)C1. The summed E-state index contributed by atoms with van der Waals surface area (Å²) in [5, 5.41) is 17.8. The lowest BCUT2D eigenvalue weighted by atomic mass is 10.2. The first-order valence-corrected chi connectivity index (χ1v) is 4.87. The number of hydrogen-bond acceptors (Lipinski definition) is 3. The number of hydrogen-bond donors (Lipinski definition) is 2. The van der Waals surface area contributed by atoms with Crippen LogP contribution in [-0.2, 0) is 0 Å². The number of nitrogens with zero attached hydrogens (tertiary/aromatic N) is 1. The molecule has 0 amide bonds. The van der Waals surface area contributed by atoms with E-state index in [2.05, 4.69) is 0 Å². The molecule has 0 aromatic carbocycles. The maximum absolute atomic E-state index is 13.1. The molecule has 2 atom stereocenters. The maximum atomic E-state index is 13.1. The molecule has 0 aromatic rings. The molecular weight excluding hydrogens is 173 g/mol. The monoisotopic (exact) mass is 191 g/mol. The van der Waals surface area contributed by atoms with E-state index in [0.717, 1.165) is 19.4 Å². The van der Waals surface area contributed by atoms with Gasteiger partial charge in [-0.25, -0.2) is 4.39 Å². The van der Waals surface area contributed by atoms with Gasteiger partial charge in [0.1, 0.15) is 6.17 Å². The van der Waals surface area contributed by atoms with Gasteiger partial charge in [-0.2, -0.15) is 0 Å². The molecule has 78 valence electrons. The van der Waals surface area contributed by atoms with Crippen LogP contribution in [0.2, 0.25) is 0 Å². The highest BCUT2D eigenvalue weighted by atomic mass is 19.1. The molecular formula is C9H18FNO2. The minimum atomic E-state index is -0.770. The van der Waals surface area contributed by atoms with Gasteiger partial charge >= 0.3 is 0 Å². The third kappa shape index (κ3) is 4.02. The molecule has 4 heteroatoms. The molecule has 0 aliphatic carbocycles. The summed E-state index contributed by atoms with van der Waals surface area (Å²) < 4.78 is 13.1. The number of halogens is 1. The smallest absolute Gasteiger partial charge is 0.113 e. The molecule has 13 heavy (non-hydrogen) atoms. The first-order chi connectivity index (χ1) is 6.22. The van der Waals surface area contributed by atoms with Crippen molar-refractivity contribution >= 4 is 0 Å². The average Bonchev–Trinajstić information content (AvgIpc) is 2.30. The number of β-amino-alcohol motifs (C(OH)–C–C–N with tert-alkyl or cyclic N) is 1. The van der Waals surface area contributed by atoms with Crippen LogP contribution in [0.5, 0.6) is 0 Å². The lowest BCUT2D eigenvalue weighted by molar-refractivity contribution is 0.0541. The molecule has 1 rings (SSSR count). The summed E-state index contributed by atoms with van der Waals surface area (Å²) in [4.78, 5) is 1.89. The molecule has 0 saturated carbocycles. The van der Waals surface area contributed by atoms with Gasteiger partial charge < -0.3 is 10.2 Å². The normalized spacial score (nSPS) is 28.4. The largest absolute Gasteiger partial charge is 0.394 e. The van der Waals surface area contributed by atoms with Crippen molar-refractivity contribution in [1.29, 1.82) is 0 Å². The Balaban J connectivity index is 2.30. The van der Waals surface area contributed by atoms with Gasteiger partial charge in [-0.05, 0) is 25.8 Å². The summed E-state index contributed by atoms with van der Waals surface area (Å²) in [6.07, 6.45) is 1.04. The van der Waals surface area contributed by atoms with Crippen LogP contribution in [0.1, 0.15) is 19.3 Å². The van der Waals surface area contributed by atoms with Crippen molar-refractivity contribution in [3.63, 3.8) is 0 Å². The van der Waals surface area contributed by atoms with Crippen LogP contribution >= 0.6 is 0 Å². The third-order valence-electron chi connectivity index (χ3n) is 2.38. The van der Waals surface area contributed by atoms with Gasteiger partial charge in [-0.1, -0.05) is 0 Å². The molecule has 0 radical (unpaired) electrons. The molecule has 0 aromatic heterocycles. The number of aliphatic hydroxyl groups excluding tert-OH is 2. The standard InChI is InChI=1S/C9H18FNO2/c10-8-3-1-2-4-11(5-8)6-9(13)7-12/h8-9,12-13H,1-7H2.